The molecular weight excluding hydrogens is 508 g/mol. The molecule has 5 rings (SSSR count). The highest BCUT2D eigenvalue weighted by Crippen LogP contribution is 2.36. The number of hydrogen-bond donors (Lipinski definition) is 1. The van der Waals surface area contributed by atoms with Crippen LogP contribution in [0.15, 0.2) is 70.2 Å². The van der Waals surface area contributed by atoms with Gasteiger partial charge >= 0.3 is 5.91 Å². The summed E-state index contributed by atoms with van der Waals surface area (Å²) in [4.78, 5) is 14.9. The van der Waals surface area contributed by atoms with E-state index in [0.717, 1.165) is 43.1 Å². The Morgan fingerprint density at radius 2 is 1.65 bits per heavy atom. The molecule has 1 aliphatic heterocycles. The van der Waals surface area contributed by atoms with Gasteiger partial charge in [-0.05, 0) is 81.3 Å². The van der Waals surface area contributed by atoms with Gasteiger partial charge in [-0.1, -0.05) is 0 Å². The normalized spacial score (nSPS) is 13.2. The highest BCUT2D eigenvalue weighted by Gasteiger charge is 2.19. The highest BCUT2D eigenvalue weighted by molar-refractivity contribution is 5.93. The molecule has 208 valence electrons. The molecule has 4 aromatic rings. The minimum absolute atomic E-state index is 0.138. The summed E-state index contributed by atoms with van der Waals surface area (Å²) in [6, 6.07) is 19.2. The molecule has 2 aromatic carbocycles. The molecule has 0 radical (unpaired) electrons. The van der Waals surface area contributed by atoms with E-state index in [0.29, 0.717) is 22.8 Å². The number of hydrogen-bond acceptors (Lipinski definition) is 7. The molecule has 40 heavy (non-hydrogen) atoms. The van der Waals surface area contributed by atoms with Crippen molar-refractivity contribution in [2.75, 3.05) is 32.2 Å². The van der Waals surface area contributed by atoms with Gasteiger partial charge in [0.25, 0.3) is 0 Å². The topological polar surface area (TPSA) is 90.5 Å². The minimum Gasteiger partial charge on any atom is -0.496 e. The maximum Gasteiger partial charge on any atom is 0.307 e. The molecule has 9 nitrogen and oxygen atoms in total. The van der Waals surface area contributed by atoms with Crippen LogP contribution < -0.4 is 24.5 Å². The summed E-state index contributed by atoms with van der Waals surface area (Å²) in [6.07, 6.45) is 3.84. The Labute approximate surface area is 234 Å². The van der Waals surface area contributed by atoms with Crippen LogP contribution in [0.4, 0.5) is 5.69 Å². The van der Waals surface area contributed by atoms with E-state index in [1.807, 2.05) is 36.4 Å². The second-order valence-corrected chi connectivity index (χ2v) is 9.66. The lowest BCUT2D eigenvalue weighted by Crippen LogP contribution is -2.19. The van der Waals surface area contributed by atoms with Crippen molar-refractivity contribution in [3.05, 3.63) is 89.1 Å². The standard InChI is InChI=1S/C31H34N4O5/c1-21-7-8-22(2)35(21)24-9-11-25(12-10-24)39-20-26-13-14-28(40-26)31(36)33-32-19-23-17-30(38-4)27(18-29(23)37-3)34-15-5-6-16-34/h7-14,17-19H,5-6,15-16,20H2,1-4H3,(H,33,36)/b32-19+. The lowest BCUT2D eigenvalue weighted by molar-refractivity contribution is 0.0923. The average molecular weight is 543 g/mol. The van der Waals surface area contributed by atoms with Crippen LogP contribution in [0.2, 0.25) is 0 Å². The molecule has 1 amide bonds. The van der Waals surface area contributed by atoms with Crippen LogP contribution in [0.5, 0.6) is 17.2 Å². The van der Waals surface area contributed by atoms with Crippen molar-refractivity contribution in [1.82, 2.24) is 9.99 Å². The van der Waals surface area contributed by atoms with Gasteiger partial charge in [-0.15, -0.1) is 0 Å². The van der Waals surface area contributed by atoms with Crippen LogP contribution in [-0.4, -0.2) is 44.0 Å². The van der Waals surface area contributed by atoms with Crippen LogP contribution in [0, 0.1) is 13.8 Å². The first-order valence-electron chi connectivity index (χ1n) is 13.3. The molecule has 3 heterocycles. The first-order valence-corrected chi connectivity index (χ1v) is 13.3. The Bertz CT molecular complexity index is 1480. The molecule has 1 fully saturated rings. The van der Waals surface area contributed by atoms with Crippen molar-refractivity contribution in [2.24, 2.45) is 5.10 Å². The maximum absolute atomic E-state index is 12.6. The van der Waals surface area contributed by atoms with Crippen LogP contribution in [0.1, 0.15) is 46.1 Å². The number of aromatic nitrogens is 1. The molecule has 0 aliphatic carbocycles. The Kier molecular flexibility index (Phi) is 8.10. The summed E-state index contributed by atoms with van der Waals surface area (Å²) in [6.45, 7) is 6.32. The number of rotatable bonds is 10. The number of aryl methyl sites for hydroxylation is 2. The van der Waals surface area contributed by atoms with Crippen molar-refractivity contribution in [1.29, 1.82) is 0 Å². The molecule has 9 heteroatoms. The predicted octanol–water partition coefficient (Wildman–Crippen LogP) is 5.65. The number of anilines is 1. The summed E-state index contributed by atoms with van der Waals surface area (Å²) in [5, 5.41) is 4.11. The Balaban J connectivity index is 1.18. The number of methoxy groups -OCH3 is 2. The zero-order valence-corrected chi connectivity index (χ0v) is 23.3. The van der Waals surface area contributed by atoms with Crippen molar-refractivity contribution < 1.29 is 23.4 Å². The number of nitrogens with one attached hydrogen (secondary N) is 1. The quantitative estimate of drug-likeness (QED) is 0.206. The minimum atomic E-state index is -0.469. The van der Waals surface area contributed by atoms with Crippen LogP contribution in [-0.2, 0) is 6.61 Å². The van der Waals surface area contributed by atoms with Crippen molar-refractivity contribution in [3.63, 3.8) is 0 Å². The fourth-order valence-corrected chi connectivity index (χ4v) is 4.93. The van der Waals surface area contributed by atoms with Gasteiger partial charge in [0, 0.05) is 41.8 Å². The van der Waals surface area contributed by atoms with Crippen LogP contribution >= 0.6 is 0 Å². The Hall–Kier alpha value is -4.66. The predicted molar refractivity (Wildman–Crippen MR) is 154 cm³/mol. The van der Waals surface area contributed by atoms with Gasteiger partial charge in [-0.2, -0.15) is 5.10 Å². The smallest absolute Gasteiger partial charge is 0.307 e. The van der Waals surface area contributed by atoms with Gasteiger partial charge in [-0.25, -0.2) is 5.43 Å². The number of nitrogens with zero attached hydrogens (tertiary/aromatic N) is 3. The third kappa shape index (κ3) is 5.83. The van der Waals surface area contributed by atoms with E-state index >= 15 is 0 Å². The zero-order valence-electron chi connectivity index (χ0n) is 23.3. The van der Waals surface area contributed by atoms with Gasteiger partial charge in [0.15, 0.2) is 5.76 Å². The number of furan rings is 1. The van der Waals surface area contributed by atoms with E-state index in [1.54, 1.807) is 26.4 Å². The Morgan fingerprint density at radius 3 is 2.33 bits per heavy atom. The third-order valence-corrected chi connectivity index (χ3v) is 6.98. The molecule has 0 unspecified atom stereocenters. The number of hydrazone groups is 1. The van der Waals surface area contributed by atoms with E-state index < -0.39 is 5.91 Å². The zero-order chi connectivity index (χ0) is 28.1. The molecule has 2 aromatic heterocycles. The number of ether oxygens (including phenoxy) is 3. The van der Waals surface area contributed by atoms with Gasteiger partial charge in [0.2, 0.25) is 0 Å². The van der Waals surface area contributed by atoms with Gasteiger partial charge in [0.1, 0.15) is 29.6 Å². The fourth-order valence-electron chi connectivity index (χ4n) is 4.93. The van der Waals surface area contributed by atoms with E-state index in [4.69, 9.17) is 18.6 Å². The van der Waals surface area contributed by atoms with Crippen molar-refractivity contribution in [2.45, 2.75) is 33.3 Å². The second-order valence-electron chi connectivity index (χ2n) is 9.66. The largest absolute Gasteiger partial charge is 0.496 e. The van der Waals surface area contributed by atoms with Gasteiger partial charge in [0.05, 0.1) is 26.1 Å². The first kappa shape index (κ1) is 26.9. The van der Waals surface area contributed by atoms with E-state index in [9.17, 15) is 4.79 Å². The molecular formula is C31H34N4O5. The summed E-state index contributed by atoms with van der Waals surface area (Å²) in [5.74, 6) is 2.28. The number of benzene rings is 2. The molecule has 1 N–H and O–H groups in total. The fraction of sp³-hybridized carbons (Fsp3) is 0.290. The van der Waals surface area contributed by atoms with Crippen LogP contribution in [0.3, 0.4) is 0 Å². The number of carbonyl (C=O) groups excluding carboxylic acids is 1. The monoisotopic (exact) mass is 542 g/mol. The van der Waals surface area contributed by atoms with Gasteiger partial charge < -0.3 is 28.1 Å². The average Bonchev–Trinajstić information content (AvgIpc) is 3.74. The molecule has 0 saturated carbocycles. The summed E-state index contributed by atoms with van der Waals surface area (Å²) < 4.78 is 24.9. The lowest BCUT2D eigenvalue weighted by atomic mass is 10.1. The van der Waals surface area contributed by atoms with E-state index in [2.05, 4.69) is 46.0 Å². The van der Waals surface area contributed by atoms with Crippen molar-refractivity contribution in [3.8, 4) is 22.9 Å². The summed E-state index contributed by atoms with van der Waals surface area (Å²) in [5.41, 5.74) is 7.60. The summed E-state index contributed by atoms with van der Waals surface area (Å²) >= 11 is 0. The lowest BCUT2D eigenvalue weighted by Gasteiger charge is -2.22. The highest BCUT2D eigenvalue weighted by atomic mass is 16.5. The molecule has 1 aliphatic rings. The van der Waals surface area contributed by atoms with Crippen molar-refractivity contribution >= 4 is 17.8 Å². The third-order valence-electron chi connectivity index (χ3n) is 6.98. The van der Waals surface area contributed by atoms with E-state index in [-0.39, 0.29) is 12.4 Å². The second kappa shape index (κ2) is 12.0. The molecule has 1 saturated heterocycles. The number of amides is 1. The molecule has 0 bridgehead atoms. The van der Waals surface area contributed by atoms with Crippen LogP contribution in [0.25, 0.3) is 5.69 Å². The number of carbonyl (C=O) groups is 1. The van der Waals surface area contributed by atoms with E-state index in [1.165, 1.54) is 17.6 Å². The maximum atomic E-state index is 12.6. The molecule has 0 atom stereocenters. The SMILES string of the molecule is COc1cc(N2CCCC2)c(OC)cc1/C=N/NC(=O)c1ccc(COc2ccc(-n3c(C)ccc3C)cc2)o1. The molecule has 0 spiro atoms. The Morgan fingerprint density at radius 1 is 0.950 bits per heavy atom. The first-order chi connectivity index (χ1) is 19.5. The van der Waals surface area contributed by atoms with Gasteiger partial charge in [-0.3, -0.25) is 4.79 Å². The summed E-state index contributed by atoms with van der Waals surface area (Å²) in [7, 11) is 3.25.